The Bertz CT molecular complexity index is 885. The monoisotopic (exact) mass is 424 g/mol. The number of thioether (sulfide) groups is 1. The summed E-state index contributed by atoms with van der Waals surface area (Å²) in [6, 6.07) is 21.5. The third-order valence-corrected chi connectivity index (χ3v) is 7.05. The van der Waals surface area contributed by atoms with Crippen molar-refractivity contribution >= 4 is 29.0 Å². The van der Waals surface area contributed by atoms with Crippen LogP contribution >= 0.6 is 23.1 Å². The van der Waals surface area contributed by atoms with Crippen LogP contribution in [0.1, 0.15) is 22.2 Å². The fourth-order valence-electron chi connectivity index (χ4n) is 3.67. The van der Waals surface area contributed by atoms with Gasteiger partial charge in [0.25, 0.3) is 0 Å². The number of hydrogen-bond donors (Lipinski definition) is 0. The fraction of sp³-hybridized carbons (Fsp3) is 0.318. The smallest absolute Gasteiger partial charge is 0.233 e. The third-order valence-electron chi connectivity index (χ3n) is 5.09. The first-order valence-corrected chi connectivity index (χ1v) is 11.6. The quantitative estimate of drug-likeness (QED) is 0.562. The van der Waals surface area contributed by atoms with Gasteiger partial charge in [-0.25, -0.2) is 0 Å². The standard InChI is InChI=1S/C22H24N4OS2/c1-17-23-24-22(29-17)28-16-20(27)25-12-14-26(15-13-25)21(18-8-4-2-5-9-18)19-10-6-3-7-11-19/h2-11,21H,12-16H2,1H3. The average Bonchev–Trinajstić information content (AvgIpc) is 3.19. The molecule has 5 nitrogen and oxygen atoms in total. The molecule has 150 valence electrons. The van der Waals surface area contributed by atoms with E-state index in [1.165, 1.54) is 34.2 Å². The van der Waals surface area contributed by atoms with Gasteiger partial charge in [-0.15, -0.1) is 10.2 Å². The summed E-state index contributed by atoms with van der Waals surface area (Å²) in [7, 11) is 0. The lowest BCUT2D eigenvalue weighted by Gasteiger charge is -2.39. The Kier molecular flexibility index (Phi) is 6.59. The highest BCUT2D eigenvalue weighted by atomic mass is 32.2. The minimum Gasteiger partial charge on any atom is -0.339 e. The number of nitrogens with zero attached hydrogens (tertiary/aromatic N) is 4. The minimum atomic E-state index is 0.179. The molecule has 0 N–H and O–H groups in total. The van der Waals surface area contributed by atoms with Crippen LogP contribution in [-0.4, -0.2) is 57.8 Å². The van der Waals surface area contributed by atoms with Crippen LogP contribution in [-0.2, 0) is 4.79 Å². The number of aryl methyl sites for hydroxylation is 1. The van der Waals surface area contributed by atoms with Crippen molar-refractivity contribution in [3.63, 3.8) is 0 Å². The Balaban J connectivity index is 1.39. The second-order valence-corrected chi connectivity index (χ2v) is 9.42. The largest absolute Gasteiger partial charge is 0.339 e. The molecule has 4 rings (SSSR count). The maximum atomic E-state index is 12.6. The number of carbonyl (C=O) groups excluding carboxylic acids is 1. The molecule has 0 spiro atoms. The Morgan fingerprint density at radius 1 is 0.966 bits per heavy atom. The van der Waals surface area contributed by atoms with E-state index in [1.807, 2.05) is 11.8 Å². The molecule has 2 heterocycles. The highest BCUT2D eigenvalue weighted by Gasteiger charge is 2.28. The Hall–Kier alpha value is -2.22. The van der Waals surface area contributed by atoms with E-state index in [-0.39, 0.29) is 11.9 Å². The van der Waals surface area contributed by atoms with Crippen LogP contribution in [0.5, 0.6) is 0 Å². The second-order valence-electron chi connectivity index (χ2n) is 7.02. The average molecular weight is 425 g/mol. The molecule has 1 aliphatic rings. The van der Waals surface area contributed by atoms with Gasteiger partial charge in [-0.3, -0.25) is 9.69 Å². The maximum Gasteiger partial charge on any atom is 0.233 e. The van der Waals surface area contributed by atoms with Crippen molar-refractivity contribution in [2.75, 3.05) is 31.9 Å². The molecule has 1 saturated heterocycles. The predicted molar refractivity (Wildman–Crippen MR) is 118 cm³/mol. The zero-order valence-electron chi connectivity index (χ0n) is 16.4. The molecule has 7 heteroatoms. The van der Waals surface area contributed by atoms with E-state index >= 15 is 0 Å². The lowest BCUT2D eigenvalue weighted by atomic mass is 9.96. The number of piperazine rings is 1. The van der Waals surface area contributed by atoms with Gasteiger partial charge in [0.2, 0.25) is 5.91 Å². The number of amides is 1. The summed E-state index contributed by atoms with van der Waals surface area (Å²) < 4.78 is 0.864. The summed E-state index contributed by atoms with van der Waals surface area (Å²) in [5.74, 6) is 0.605. The van der Waals surface area contributed by atoms with E-state index in [1.54, 1.807) is 0 Å². The topological polar surface area (TPSA) is 49.3 Å². The number of benzene rings is 2. The number of hydrogen-bond acceptors (Lipinski definition) is 6. The summed E-state index contributed by atoms with van der Waals surface area (Å²) in [5, 5.41) is 9.03. The van der Waals surface area contributed by atoms with Crippen LogP contribution in [0.3, 0.4) is 0 Å². The second kappa shape index (κ2) is 9.52. The number of aromatic nitrogens is 2. The van der Waals surface area contributed by atoms with Crippen molar-refractivity contribution in [2.24, 2.45) is 0 Å². The van der Waals surface area contributed by atoms with E-state index < -0.39 is 0 Å². The lowest BCUT2D eigenvalue weighted by molar-refractivity contribution is -0.130. The van der Waals surface area contributed by atoms with Crippen LogP contribution in [0.15, 0.2) is 65.0 Å². The molecule has 0 atom stereocenters. The van der Waals surface area contributed by atoms with Gasteiger partial charge in [0, 0.05) is 26.2 Å². The minimum absolute atomic E-state index is 0.179. The summed E-state index contributed by atoms with van der Waals surface area (Å²) in [4.78, 5) is 17.1. The molecule has 0 radical (unpaired) electrons. The van der Waals surface area contributed by atoms with Gasteiger partial charge in [-0.05, 0) is 18.1 Å². The molecule has 2 aromatic carbocycles. The first-order valence-electron chi connectivity index (χ1n) is 9.75. The van der Waals surface area contributed by atoms with E-state index in [4.69, 9.17) is 0 Å². The molecule has 0 unspecified atom stereocenters. The molecule has 3 aromatic rings. The van der Waals surface area contributed by atoms with E-state index in [2.05, 4.69) is 75.8 Å². The summed E-state index contributed by atoms with van der Waals surface area (Å²) >= 11 is 3.02. The normalized spacial score (nSPS) is 15.0. The van der Waals surface area contributed by atoms with Gasteiger partial charge in [0.15, 0.2) is 4.34 Å². The van der Waals surface area contributed by atoms with Crippen molar-refractivity contribution < 1.29 is 4.79 Å². The summed E-state index contributed by atoms with van der Waals surface area (Å²) in [5.41, 5.74) is 2.58. The SMILES string of the molecule is Cc1nnc(SCC(=O)N2CCN(C(c3ccccc3)c3ccccc3)CC2)s1. The van der Waals surface area contributed by atoms with Crippen LogP contribution < -0.4 is 0 Å². The molecule has 0 saturated carbocycles. The zero-order chi connectivity index (χ0) is 20.1. The van der Waals surface area contributed by atoms with Gasteiger partial charge < -0.3 is 4.90 Å². The number of carbonyl (C=O) groups is 1. The Labute approximate surface area is 179 Å². The molecule has 1 aliphatic heterocycles. The van der Waals surface area contributed by atoms with Crippen molar-refractivity contribution in [1.29, 1.82) is 0 Å². The highest BCUT2D eigenvalue weighted by Crippen LogP contribution is 2.29. The molecule has 1 aromatic heterocycles. The van der Waals surface area contributed by atoms with Crippen LogP contribution in [0.25, 0.3) is 0 Å². The van der Waals surface area contributed by atoms with Gasteiger partial charge in [0.1, 0.15) is 5.01 Å². The molecular weight excluding hydrogens is 400 g/mol. The van der Waals surface area contributed by atoms with E-state index in [9.17, 15) is 4.79 Å². The van der Waals surface area contributed by atoms with Crippen LogP contribution in [0, 0.1) is 6.92 Å². The molecule has 0 bridgehead atoms. The van der Waals surface area contributed by atoms with Gasteiger partial charge in [0.05, 0.1) is 11.8 Å². The molecule has 0 aliphatic carbocycles. The molecular formula is C22H24N4OS2. The van der Waals surface area contributed by atoms with Crippen molar-refractivity contribution in [3.05, 3.63) is 76.8 Å². The van der Waals surface area contributed by atoms with E-state index in [0.717, 1.165) is 35.5 Å². The van der Waals surface area contributed by atoms with Crippen LogP contribution in [0.2, 0.25) is 0 Å². The zero-order valence-corrected chi connectivity index (χ0v) is 18.0. The Morgan fingerprint density at radius 2 is 1.55 bits per heavy atom. The van der Waals surface area contributed by atoms with E-state index in [0.29, 0.717) is 5.75 Å². The summed E-state index contributed by atoms with van der Waals surface area (Å²) in [6.07, 6.45) is 0. The van der Waals surface area contributed by atoms with Gasteiger partial charge in [-0.1, -0.05) is 83.8 Å². The van der Waals surface area contributed by atoms with Crippen molar-refractivity contribution in [1.82, 2.24) is 20.0 Å². The number of rotatable bonds is 6. The van der Waals surface area contributed by atoms with Gasteiger partial charge >= 0.3 is 0 Å². The fourth-order valence-corrected chi connectivity index (χ4v) is 5.38. The van der Waals surface area contributed by atoms with Crippen molar-refractivity contribution in [3.8, 4) is 0 Å². The van der Waals surface area contributed by atoms with Gasteiger partial charge in [-0.2, -0.15) is 0 Å². The van der Waals surface area contributed by atoms with Crippen molar-refractivity contribution in [2.45, 2.75) is 17.3 Å². The predicted octanol–water partition coefficient (Wildman–Crippen LogP) is 3.87. The maximum absolute atomic E-state index is 12.6. The first kappa shape index (κ1) is 20.1. The highest BCUT2D eigenvalue weighted by molar-refractivity contribution is 8.01. The third kappa shape index (κ3) is 5.04. The summed E-state index contributed by atoms with van der Waals surface area (Å²) in [6.45, 7) is 5.17. The molecule has 29 heavy (non-hydrogen) atoms. The molecule has 1 amide bonds. The molecule has 1 fully saturated rings. The Morgan fingerprint density at radius 3 is 2.07 bits per heavy atom. The van der Waals surface area contributed by atoms with Crippen LogP contribution in [0.4, 0.5) is 0 Å². The lowest BCUT2D eigenvalue weighted by Crippen LogP contribution is -2.50. The first-order chi connectivity index (χ1) is 14.2.